The third-order valence-corrected chi connectivity index (χ3v) is 3.47. The molecule has 1 unspecified atom stereocenters. The van der Waals surface area contributed by atoms with E-state index in [1.54, 1.807) is 0 Å². The van der Waals surface area contributed by atoms with Crippen molar-refractivity contribution in [3.63, 3.8) is 0 Å². The van der Waals surface area contributed by atoms with Crippen molar-refractivity contribution in [3.8, 4) is 5.75 Å². The molecule has 1 aromatic carbocycles. The van der Waals surface area contributed by atoms with Crippen LogP contribution in [0.3, 0.4) is 0 Å². The second kappa shape index (κ2) is 6.19. The van der Waals surface area contributed by atoms with E-state index >= 15 is 0 Å². The highest BCUT2D eigenvalue weighted by Gasteiger charge is 2.32. The molecule has 2 rings (SSSR count). The zero-order chi connectivity index (χ0) is 12.8. The summed E-state index contributed by atoms with van der Waals surface area (Å²) < 4.78 is 20.4. The van der Waals surface area contributed by atoms with Crippen molar-refractivity contribution < 1.29 is 9.13 Å². The van der Waals surface area contributed by atoms with Crippen molar-refractivity contribution in [2.75, 3.05) is 19.7 Å². The van der Waals surface area contributed by atoms with E-state index in [2.05, 4.69) is 12.2 Å². The van der Waals surface area contributed by atoms with E-state index in [0.29, 0.717) is 19.4 Å². The first kappa shape index (κ1) is 13.3. The summed E-state index contributed by atoms with van der Waals surface area (Å²) >= 11 is 0. The topological polar surface area (TPSA) is 21.3 Å². The SMILES string of the molecule is CCCOc1ccc(C2(F)CCCNCC2)cc1. The van der Waals surface area contributed by atoms with E-state index in [4.69, 9.17) is 4.74 Å². The molecule has 1 N–H and O–H groups in total. The van der Waals surface area contributed by atoms with Gasteiger partial charge in [0.1, 0.15) is 11.4 Å². The normalized spacial score (nSPS) is 24.6. The number of rotatable bonds is 4. The van der Waals surface area contributed by atoms with Gasteiger partial charge in [0.2, 0.25) is 0 Å². The number of hydrogen-bond donors (Lipinski definition) is 1. The Bertz CT molecular complexity index is 355. The van der Waals surface area contributed by atoms with Crippen LogP contribution < -0.4 is 10.1 Å². The molecule has 1 fully saturated rings. The number of ether oxygens (including phenoxy) is 1. The fourth-order valence-corrected chi connectivity index (χ4v) is 2.39. The van der Waals surface area contributed by atoms with E-state index in [9.17, 15) is 4.39 Å². The van der Waals surface area contributed by atoms with Gasteiger partial charge < -0.3 is 10.1 Å². The fraction of sp³-hybridized carbons (Fsp3) is 0.600. The van der Waals surface area contributed by atoms with Crippen molar-refractivity contribution in [1.29, 1.82) is 0 Å². The van der Waals surface area contributed by atoms with Crippen LogP contribution in [0.4, 0.5) is 4.39 Å². The van der Waals surface area contributed by atoms with Crippen LogP contribution in [0, 0.1) is 0 Å². The van der Waals surface area contributed by atoms with Gasteiger partial charge in [0.05, 0.1) is 6.61 Å². The van der Waals surface area contributed by atoms with Gasteiger partial charge in [0.15, 0.2) is 0 Å². The van der Waals surface area contributed by atoms with Crippen LogP contribution in [-0.4, -0.2) is 19.7 Å². The maximum atomic E-state index is 14.9. The largest absolute Gasteiger partial charge is 0.494 e. The van der Waals surface area contributed by atoms with Crippen LogP contribution >= 0.6 is 0 Å². The molecular formula is C15H22FNO. The molecule has 0 saturated carbocycles. The zero-order valence-corrected chi connectivity index (χ0v) is 11.0. The van der Waals surface area contributed by atoms with Crippen molar-refractivity contribution >= 4 is 0 Å². The first-order valence-corrected chi connectivity index (χ1v) is 6.87. The highest BCUT2D eigenvalue weighted by Crippen LogP contribution is 2.36. The van der Waals surface area contributed by atoms with E-state index in [0.717, 1.165) is 37.2 Å². The number of benzene rings is 1. The Balaban J connectivity index is 2.07. The molecule has 0 radical (unpaired) electrons. The van der Waals surface area contributed by atoms with Gasteiger partial charge in [-0.25, -0.2) is 4.39 Å². The number of nitrogens with one attached hydrogen (secondary N) is 1. The molecule has 18 heavy (non-hydrogen) atoms. The minimum Gasteiger partial charge on any atom is -0.494 e. The molecule has 0 aromatic heterocycles. The Labute approximate surface area is 109 Å². The standard InChI is InChI=1S/C15H22FNO/c1-2-12-18-14-6-4-13(5-7-14)15(16)8-3-10-17-11-9-15/h4-7,17H,2-3,8-12H2,1H3. The molecule has 0 bridgehead atoms. The summed E-state index contributed by atoms with van der Waals surface area (Å²) in [5.74, 6) is 0.830. The summed E-state index contributed by atoms with van der Waals surface area (Å²) in [6.07, 6.45) is 3.04. The molecule has 0 spiro atoms. The zero-order valence-electron chi connectivity index (χ0n) is 11.0. The van der Waals surface area contributed by atoms with E-state index in [1.807, 2.05) is 24.3 Å². The molecule has 3 heteroatoms. The maximum absolute atomic E-state index is 14.9. The average Bonchev–Trinajstić information content (AvgIpc) is 2.63. The molecule has 1 aliphatic heterocycles. The van der Waals surface area contributed by atoms with Gasteiger partial charge in [-0.05, 0) is 56.5 Å². The van der Waals surface area contributed by atoms with Crippen LogP contribution in [0.2, 0.25) is 0 Å². The monoisotopic (exact) mass is 251 g/mol. The van der Waals surface area contributed by atoms with Crippen molar-refractivity contribution in [1.82, 2.24) is 5.32 Å². The smallest absolute Gasteiger partial charge is 0.137 e. The Kier molecular flexibility index (Phi) is 4.59. The predicted octanol–water partition coefficient (Wildman–Crippen LogP) is 3.41. The first-order valence-electron chi connectivity index (χ1n) is 6.87. The lowest BCUT2D eigenvalue weighted by Crippen LogP contribution is -2.22. The summed E-state index contributed by atoms with van der Waals surface area (Å²) in [5, 5.41) is 3.25. The lowest BCUT2D eigenvalue weighted by atomic mass is 9.89. The quantitative estimate of drug-likeness (QED) is 0.885. The third-order valence-electron chi connectivity index (χ3n) is 3.47. The van der Waals surface area contributed by atoms with Crippen LogP contribution in [0.15, 0.2) is 24.3 Å². The van der Waals surface area contributed by atoms with Gasteiger partial charge in [-0.2, -0.15) is 0 Å². The second-order valence-corrected chi connectivity index (χ2v) is 4.94. The summed E-state index contributed by atoms with van der Waals surface area (Å²) in [5.41, 5.74) is -0.387. The molecule has 0 amide bonds. The van der Waals surface area contributed by atoms with Gasteiger partial charge in [-0.15, -0.1) is 0 Å². The minimum absolute atomic E-state index is 0.558. The minimum atomic E-state index is -1.17. The van der Waals surface area contributed by atoms with Crippen LogP contribution in [0.5, 0.6) is 5.75 Å². The van der Waals surface area contributed by atoms with E-state index in [-0.39, 0.29) is 0 Å². The third kappa shape index (κ3) is 3.22. The van der Waals surface area contributed by atoms with Gasteiger partial charge in [0.25, 0.3) is 0 Å². The van der Waals surface area contributed by atoms with Crippen LogP contribution in [-0.2, 0) is 5.67 Å². The molecule has 1 aromatic rings. The summed E-state index contributed by atoms with van der Waals surface area (Å²) in [7, 11) is 0. The molecular weight excluding hydrogens is 229 g/mol. The highest BCUT2D eigenvalue weighted by atomic mass is 19.1. The van der Waals surface area contributed by atoms with Gasteiger partial charge in [0, 0.05) is 0 Å². The molecule has 1 atom stereocenters. The van der Waals surface area contributed by atoms with Crippen molar-refractivity contribution in [2.24, 2.45) is 0 Å². The number of alkyl halides is 1. The van der Waals surface area contributed by atoms with E-state index < -0.39 is 5.67 Å². The lowest BCUT2D eigenvalue weighted by molar-refractivity contribution is 0.145. The summed E-state index contributed by atoms with van der Waals surface area (Å²) in [6, 6.07) is 7.50. The van der Waals surface area contributed by atoms with E-state index in [1.165, 1.54) is 0 Å². The lowest BCUT2D eigenvalue weighted by Gasteiger charge is -2.24. The van der Waals surface area contributed by atoms with Gasteiger partial charge in [-0.1, -0.05) is 19.1 Å². The first-order chi connectivity index (χ1) is 8.74. The number of hydrogen-bond acceptors (Lipinski definition) is 2. The maximum Gasteiger partial charge on any atom is 0.137 e. The number of halogens is 1. The van der Waals surface area contributed by atoms with Crippen molar-refractivity contribution in [2.45, 2.75) is 38.3 Å². The molecule has 1 aliphatic rings. The van der Waals surface area contributed by atoms with Crippen LogP contribution in [0.1, 0.15) is 38.2 Å². The predicted molar refractivity (Wildman–Crippen MR) is 71.7 cm³/mol. The molecule has 1 heterocycles. The summed E-state index contributed by atoms with van der Waals surface area (Å²) in [4.78, 5) is 0. The highest BCUT2D eigenvalue weighted by molar-refractivity contribution is 5.31. The molecule has 1 saturated heterocycles. The Hall–Kier alpha value is -1.09. The Morgan fingerprint density at radius 2 is 2.00 bits per heavy atom. The second-order valence-electron chi connectivity index (χ2n) is 4.94. The molecule has 100 valence electrons. The average molecular weight is 251 g/mol. The molecule has 0 aliphatic carbocycles. The Morgan fingerprint density at radius 3 is 2.72 bits per heavy atom. The Morgan fingerprint density at radius 1 is 1.22 bits per heavy atom. The van der Waals surface area contributed by atoms with Crippen molar-refractivity contribution in [3.05, 3.63) is 29.8 Å². The molecule has 2 nitrogen and oxygen atoms in total. The fourth-order valence-electron chi connectivity index (χ4n) is 2.39. The van der Waals surface area contributed by atoms with Crippen LogP contribution in [0.25, 0.3) is 0 Å². The summed E-state index contributed by atoms with van der Waals surface area (Å²) in [6.45, 7) is 4.46. The van der Waals surface area contributed by atoms with Gasteiger partial charge in [-0.3, -0.25) is 0 Å². The van der Waals surface area contributed by atoms with Gasteiger partial charge >= 0.3 is 0 Å².